The summed E-state index contributed by atoms with van der Waals surface area (Å²) in [5.41, 5.74) is 0.673. The van der Waals surface area contributed by atoms with Crippen LogP contribution in [0.4, 0.5) is 18.9 Å². The molecule has 4 rings (SSSR count). The number of aryl methyl sites for hydroxylation is 1. The van der Waals surface area contributed by atoms with Crippen molar-refractivity contribution in [2.75, 3.05) is 25.0 Å². The van der Waals surface area contributed by atoms with Gasteiger partial charge < -0.3 is 20.1 Å². The van der Waals surface area contributed by atoms with Crippen molar-refractivity contribution in [3.63, 3.8) is 0 Å². The molecule has 184 valence electrons. The van der Waals surface area contributed by atoms with Crippen molar-refractivity contribution >= 4 is 23.5 Å². The lowest BCUT2D eigenvalue weighted by Crippen LogP contribution is -2.54. The first-order chi connectivity index (χ1) is 16.1. The van der Waals surface area contributed by atoms with Gasteiger partial charge in [0.25, 0.3) is 5.91 Å². The molecule has 2 aromatic rings. The van der Waals surface area contributed by atoms with Gasteiger partial charge in [0.2, 0.25) is 11.7 Å². The predicted molar refractivity (Wildman–Crippen MR) is 109 cm³/mol. The van der Waals surface area contributed by atoms with Crippen LogP contribution in [0.15, 0.2) is 30.9 Å². The molecule has 2 amide bonds. The van der Waals surface area contributed by atoms with E-state index in [1.807, 2.05) is 6.07 Å². The number of alkyl halides is 3. The molecule has 0 aliphatic carbocycles. The molecule has 0 radical (unpaired) electrons. The molecule has 0 aromatic carbocycles. The van der Waals surface area contributed by atoms with E-state index in [4.69, 9.17) is 14.6 Å². The molecule has 2 N–H and O–H groups in total. The Kier molecular flexibility index (Phi) is 7.81. The predicted octanol–water partition coefficient (Wildman–Crippen LogP) is 1.35. The molecule has 2 aliphatic rings. The summed E-state index contributed by atoms with van der Waals surface area (Å²) < 4.78 is 39.1. The number of aliphatic carboxylic acids is 1. The Morgan fingerprint density at radius 3 is 2.59 bits per heavy atom. The number of hydrogen-bond acceptors (Lipinski definition) is 7. The molecule has 3 atom stereocenters. The lowest BCUT2D eigenvalue weighted by Gasteiger charge is -2.44. The molecule has 11 nitrogen and oxygen atoms in total. The number of rotatable bonds is 3. The van der Waals surface area contributed by atoms with Gasteiger partial charge in [-0.1, -0.05) is 0 Å². The molecule has 2 aliphatic heterocycles. The summed E-state index contributed by atoms with van der Waals surface area (Å²) in [6.07, 6.45) is 1.04. The van der Waals surface area contributed by atoms with Crippen molar-refractivity contribution in [3.05, 3.63) is 36.7 Å². The van der Waals surface area contributed by atoms with Gasteiger partial charge in [0.1, 0.15) is 6.33 Å². The monoisotopic (exact) mass is 484 g/mol. The van der Waals surface area contributed by atoms with E-state index in [0.29, 0.717) is 38.2 Å². The van der Waals surface area contributed by atoms with Gasteiger partial charge in [0.15, 0.2) is 0 Å². The molecule has 0 bridgehead atoms. The second-order valence-electron chi connectivity index (χ2n) is 7.78. The van der Waals surface area contributed by atoms with Gasteiger partial charge in [-0.05, 0) is 25.0 Å². The van der Waals surface area contributed by atoms with Crippen LogP contribution in [0.2, 0.25) is 0 Å². The third-order valence-electron chi connectivity index (χ3n) is 5.46. The lowest BCUT2D eigenvalue weighted by atomic mass is 9.79. The molecule has 4 heterocycles. The second kappa shape index (κ2) is 10.6. The van der Waals surface area contributed by atoms with E-state index in [0.717, 1.165) is 0 Å². The fraction of sp³-hybridized carbons (Fsp3) is 0.500. The summed E-state index contributed by atoms with van der Waals surface area (Å²) in [4.78, 5) is 44.2. The highest BCUT2D eigenvalue weighted by Gasteiger charge is 2.43. The summed E-state index contributed by atoms with van der Waals surface area (Å²) in [6.45, 7) is 1.60. The van der Waals surface area contributed by atoms with Crippen LogP contribution in [0, 0.1) is 11.8 Å². The number of fused-ring (bicyclic) bond motifs is 1. The standard InChI is InChI=1S/C18H22N6O3.C2HF3O2/c1-23-11-20-16(22-23)18(26)24-7-4-15-14(10-24)13(5-8-27-15)17(25)21-12-3-2-6-19-9-12;3-2(4,5)1(6)7/h2-3,6,9,11,13-15H,4-5,7-8,10H2,1H3,(H,21,25);(H,6,7)/t13-,14+,15-;/m1./s1. The Hall–Kier alpha value is -3.55. The number of nitrogens with zero attached hydrogens (tertiary/aromatic N) is 5. The van der Waals surface area contributed by atoms with E-state index in [9.17, 15) is 22.8 Å². The Morgan fingerprint density at radius 2 is 2.00 bits per heavy atom. The Balaban J connectivity index is 0.000000406. The zero-order chi connectivity index (χ0) is 24.9. The van der Waals surface area contributed by atoms with Crippen molar-refractivity contribution in [3.8, 4) is 0 Å². The van der Waals surface area contributed by atoms with Gasteiger partial charge in [-0.2, -0.15) is 13.2 Å². The third kappa shape index (κ3) is 6.27. The van der Waals surface area contributed by atoms with E-state index in [-0.39, 0.29) is 35.6 Å². The number of anilines is 1. The Morgan fingerprint density at radius 1 is 1.26 bits per heavy atom. The quantitative estimate of drug-likeness (QED) is 0.666. The first-order valence-electron chi connectivity index (χ1n) is 10.3. The number of carbonyl (C=O) groups is 3. The summed E-state index contributed by atoms with van der Waals surface area (Å²) >= 11 is 0. The molecule has 0 saturated carbocycles. The summed E-state index contributed by atoms with van der Waals surface area (Å²) in [5, 5.41) is 14.2. The number of pyridine rings is 1. The fourth-order valence-electron chi connectivity index (χ4n) is 3.87. The molecule has 2 aromatic heterocycles. The highest BCUT2D eigenvalue weighted by Crippen LogP contribution is 2.34. The Labute approximate surface area is 191 Å². The number of carboxylic acids is 1. The van der Waals surface area contributed by atoms with Crippen LogP contribution < -0.4 is 5.32 Å². The molecule has 14 heteroatoms. The maximum absolute atomic E-state index is 12.8. The SMILES string of the molecule is Cn1cnc(C(=O)N2CC[C@H]3OCC[C@@H](C(=O)Nc4cccnc4)[C@@H]3C2)n1.O=C(O)C(F)(F)F. The van der Waals surface area contributed by atoms with Crippen LogP contribution in [0.5, 0.6) is 0 Å². The second-order valence-corrected chi connectivity index (χ2v) is 7.78. The number of nitrogens with one attached hydrogen (secondary N) is 1. The van der Waals surface area contributed by atoms with Crippen molar-refractivity contribution in [2.45, 2.75) is 25.1 Å². The summed E-state index contributed by atoms with van der Waals surface area (Å²) in [6, 6.07) is 3.59. The average Bonchev–Trinajstić information content (AvgIpc) is 3.24. The molecule has 34 heavy (non-hydrogen) atoms. The molecular formula is C20H23F3N6O5. The number of aromatic nitrogens is 4. The first-order valence-corrected chi connectivity index (χ1v) is 10.3. The number of carbonyl (C=O) groups excluding carboxylic acids is 2. The van der Waals surface area contributed by atoms with Crippen LogP contribution in [0.1, 0.15) is 23.5 Å². The van der Waals surface area contributed by atoms with Gasteiger partial charge in [-0.15, -0.1) is 5.10 Å². The number of piperidine rings is 1. The number of likely N-dealkylation sites (tertiary alicyclic amines) is 1. The molecular weight excluding hydrogens is 461 g/mol. The van der Waals surface area contributed by atoms with E-state index in [2.05, 4.69) is 20.4 Å². The zero-order valence-electron chi connectivity index (χ0n) is 18.1. The smallest absolute Gasteiger partial charge is 0.475 e. The minimum atomic E-state index is -5.08. The summed E-state index contributed by atoms with van der Waals surface area (Å²) in [7, 11) is 1.73. The number of halogens is 3. The maximum Gasteiger partial charge on any atom is 0.490 e. The van der Waals surface area contributed by atoms with Crippen LogP contribution in [0.25, 0.3) is 0 Å². The van der Waals surface area contributed by atoms with E-state index in [1.54, 1.807) is 30.4 Å². The van der Waals surface area contributed by atoms with Gasteiger partial charge >= 0.3 is 12.1 Å². The van der Waals surface area contributed by atoms with Crippen LogP contribution in [-0.2, 0) is 21.4 Å². The van der Waals surface area contributed by atoms with Crippen LogP contribution in [0.3, 0.4) is 0 Å². The van der Waals surface area contributed by atoms with Crippen LogP contribution >= 0.6 is 0 Å². The number of ether oxygens (including phenoxy) is 1. The van der Waals surface area contributed by atoms with Crippen molar-refractivity contribution in [1.29, 1.82) is 0 Å². The number of hydrogen-bond donors (Lipinski definition) is 2. The summed E-state index contributed by atoms with van der Waals surface area (Å²) in [5.74, 6) is -3.08. The van der Waals surface area contributed by atoms with Gasteiger partial charge in [0, 0.05) is 44.8 Å². The molecule has 2 saturated heterocycles. The highest BCUT2D eigenvalue weighted by molar-refractivity contribution is 5.93. The highest BCUT2D eigenvalue weighted by atomic mass is 19.4. The minimum Gasteiger partial charge on any atom is -0.475 e. The number of carboxylic acid groups (broad SMARTS) is 1. The van der Waals surface area contributed by atoms with E-state index >= 15 is 0 Å². The average molecular weight is 484 g/mol. The maximum atomic E-state index is 12.8. The van der Waals surface area contributed by atoms with E-state index in [1.165, 1.54) is 11.0 Å². The van der Waals surface area contributed by atoms with E-state index < -0.39 is 12.1 Å². The third-order valence-corrected chi connectivity index (χ3v) is 5.46. The van der Waals surface area contributed by atoms with Crippen molar-refractivity contribution in [2.24, 2.45) is 18.9 Å². The molecule has 0 spiro atoms. The largest absolute Gasteiger partial charge is 0.490 e. The topological polar surface area (TPSA) is 140 Å². The Bertz CT molecular complexity index is 1020. The zero-order valence-corrected chi connectivity index (χ0v) is 18.1. The van der Waals surface area contributed by atoms with Crippen LogP contribution in [-0.4, -0.2) is 79.5 Å². The van der Waals surface area contributed by atoms with Gasteiger partial charge in [0.05, 0.1) is 18.0 Å². The molecule has 0 unspecified atom stereocenters. The van der Waals surface area contributed by atoms with Crippen molar-refractivity contribution in [1.82, 2.24) is 24.6 Å². The number of amides is 2. The van der Waals surface area contributed by atoms with Gasteiger partial charge in [-0.25, -0.2) is 9.78 Å². The van der Waals surface area contributed by atoms with Gasteiger partial charge in [-0.3, -0.25) is 19.3 Å². The lowest BCUT2D eigenvalue weighted by molar-refractivity contribution is -0.192. The van der Waals surface area contributed by atoms with Crippen molar-refractivity contribution < 1.29 is 37.4 Å². The normalized spacial score (nSPS) is 22.1. The molecule has 2 fully saturated rings. The first kappa shape index (κ1) is 25.1. The fourth-order valence-corrected chi connectivity index (χ4v) is 3.87. The minimum absolute atomic E-state index is 0.0101.